The fourth-order valence-corrected chi connectivity index (χ4v) is 1.66. The van der Waals surface area contributed by atoms with Crippen LogP contribution in [0.3, 0.4) is 0 Å². The largest absolute Gasteiger partial charge is 0.478 e. The molecule has 0 saturated carbocycles. The van der Waals surface area contributed by atoms with Gasteiger partial charge in [-0.05, 0) is 30.3 Å². The summed E-state index contributed by atoms with van der Waals surface area (Å²) in [5, 5.41) is 8.88. The van der Waals surface area contributed by atoms with Gasteiger partial charge < -0.3 is 14.4 Å². The van der Waals surface area contributed by atoms with Crippen LogP contribution in [0.15, 0.2) is 41.0 Å². The number of nitrogens with zero attached hydrogens (tertiary/aromatic N) is 1. The molecule has 5 heteroatoms. The van der Waals surface area contributed by atoms with E-state index in [0.717, 1.165) is 6.07 Å². The Morgan fingerprint density at radius 3 is 2.83 bits per heavy atom. The summed E-state index contributed by atoms with van der Waals surface area (Å²) in [5.74, 6) is -0.866. The zero-order valence-corrected chi connectivity index (χ0v) is 9.76. The number of hydrogen-bond acceptors (Lipinski definition) is 3. The van der Waals surface area contributed by atoms with Crippen molar-refractivity contribution >= 4 is 11.7 Å². The van der Waals surface area contributed by atoms with Crippen LogP contribution in [0, 0.1) is 5.82 Å². The third kappa shape index (κ3) is 2.51. The van der Waals surface area contributed by atoms with Crippen molar-refractivity contribution in [2.45, 2.75) is 6.54 Å². The number of anilines is 1. The molecule has 1 N–H and O–H groups in total. The summed E-state index contributed by atoms with van der Waals surface area (Å²) in [6, 6.07) is 7.21. The molecule has 2 aromatic rings. The standard InChI is InChI=1S/C13H12FNO3/c1-15(8-10-3-2-6-18-10)12-7-9(13(16)17)4-5-11(12)14/h2-7H,8H2,1H3,(H,16,17). The average molecular weight is 249 g/mol. The summed E-state index contributed by atoms with van der Waals surface area (Å²) in [5.41, 5.74) is 0.281. The van der Waals surface area contributed by atoms with Gasteiger partial charge in [-0.15, -0.1) is 0 Å². The van der Waals surface area contributed by atoms with E-state index in [1.54, 1.807) is 24.1 Å². The van der Waals surface area contributed by atoms with E-state index in [1.165, 1.54) is 18.4 Å². The van der Waals surface area contributed by atoms with Crippen LogP contribution in [-0.2, 0) is 6.54 Å². The summed E-state index contributed by atoms with van der Waals surface area (Å²) in [6.45, 7) is 0.368. The summed E-state index contributed by atoms with van der Waals surface area (Å²) in [6.07, 6.45) is 1.53. The van der Waals surface area contributed by atoms with E-state index in [2.05, 4.69) is 0 Å². The van der Waals surface area contributed by atoms with Gasteiger partial charge in [0, 0.05) is 7.05 Å². The van der Waals surface area contributed by atoms with Gasteiger partial charge in [-0.1, -0.05) is 0 Å². The second-order valence-electron chi connectivity index (χ2n) is 3.91. The predicted octanol–water partition coefficient (Wildman–Crippen LogP) is 2.75. The third-order valence-electron chi connectivity index (χ3n) is 2.58. The molecule has 0 bridgehead atoms. The monoisotopic (exact) mass is 249 g/mol. The lowest BCUT2D eigenvalue weighted by molar-refractivity contribution is 0.0697. The summed E-state index contributed by atoms with van der Waals surface area (Å²) in [7, 11) is 1.67. The Labute approximate surface area is 103 Å². The van der Waals surface area contributed by atoms with Crippen LogP contribution in [0.5, 0.6) is 0 Å². The number of hydrogen-bond donors (Lipinski definition) is 1. The van der Waals surface area contributed by atoms with E-state index in [-0.39, 0.29) is 11.3 Å². The van der Waals surface area contributed by atoms with Gasteiger partial charge in [0.1, 0.15) is 11.6 Å². The molecule has 0 atom stereocenters. The van der Waals surface area contributed by atoms with Gasteiger partial charge in [0.25, 0.3) is 0 Å². The molecule has 0 spiro atoms. The van der Waals surface area contributed by atoms with Crippen molar-refractivity contribution in [3.63, 3.8) is 0 Å². The minimum absolute atomic E-state index is 0.0534. The SMILES string of the molecule is CN(Cc1ccco1)c1cc(C(=O)O)ccc1F. The molecule has 0 amide bonds. The molecule has 2 rings (SSSR count). The number of furan rings is 1. The minimum atomic E-state index is -1.08. The first kappa shape index (κ1) is 12.2. The lowest BCUT2D eigenvalue weighted by Crippen LogP contribution is -2.18. The number of benzene rings is 1. The van der Waals surface area contributed by atoms with Crippen molar-refractivity contribution < 1.29 is 18.7 Å². The van der Waals surface area contributed by atoms with Gasteiger partial charge in [-0.25, -0.2) is 9.18 Å². The highest BCUT2D eigenvalue weighted by Gasteiger charge is 2.12. The fourth-order valence-electron chi connectivity index (χ4n) is 1.66. The lowest BCUT2D eigenvalue weighted by Gasteiger charge is -2.19. The number of carboxylic acids is 1. The Bertz CT molecular complexity index is 551. The van der Waals surface area contributed by atoms with Crippen molar-refractivity contribution in [2.24, 2.45) is 0 Å². The first-order chi connectivity index (χ1) is 8.58. The van der Waals surface area contributed by atoms with Gasteiger partial charge in [0.05, 0.1) is 24.1 Å². The molecule has 0 unspecified atom stereocenters. The number of carbonyl (C=O) groups is 1. The molecule has 1 aromatic heterocycles. The highest BCUT2D eigenvalue weighted by atomic mass is 19.1. The maximum absolute atomic E-state index is 13.6. The molecule has 0 fully saturated rings. The van der Waals surface area contributed by atoms with E-state index in [4.69, 9.17) is 9.52 Å². The first-order valence-corrected chi connectivity index (χ1v) is 5.34. The zero-order chi connectivity index (χ0) is 13.1. The van der Waals surface area contributed by atoms with Crippen LogP contribution in [0.1, 0.15) is 16.1 Å². The Kier molecular flexibility index (Phi) is 3.32. The van der Waals surface area contributed by atoms with E-state index in [1.807, 2.05) is 0 Å². The molecule has 0 radical (unpaired) electrons. The van der Waals surface area contributed by atoms with E-state index >= 15 is 0 Å². The van der Waals surface area contributed by atoms with Crippen molar-refractivity contribution in [3.8, 4) is 0 Å². The number of rotatable bonds is 4. The van der Waals surface area contributed by atoms with Gasteiger partial charge >= 0.3 is 5.97 Å². The molecule has 1 aromatic carbocycles. The smallest absolute Gasteiger partial charge is 0.335 e. The van der Waals surface area contributed by atoms with Gasteiger partial charge in [-0.3, -0.25) is 0 Å². The normalized spacial score (nSPS) is 10.3. The van der Waals surface area contributed by atoms with Crippen molar-refractivity contribution in [1.82, 2.24) is 0 Å². The maximum Gasteiger partial charge on any atom is 0.335 e. The zero-order valence-electron chi connectivity index (χ0n) is 9.76. The average Bonchev–Trinajstić information content (AvgIpc) is 2.81. The minimum Gasteiger partial charge on any atom is -0.478 e. The molecule has 94 valence electrons. The Hall–Kier alpha value is -2.30. The van der Waals surface area contributed by atoms with Gasteiger partial charge in [0.2, 0.25) is 0 Å². The molecular formula is C13H12FNO3. The molecular weight excluding hydrogens is 237 g/mol. The van der Waals surface area contributed by atoms with Crippen LogP contribution >= 0.6 is 0 Å². The van der Waals surface area contributed by atoms with Crippen LogP contribution in [0.2, 0.25) is 0 Å². The van der Waals surface area contributed by atoms with Gasteiger partial charge in [-0.2, -0.15) is 0 Å². The molecule has 0 aliphatic carbocycles. The summed E-state index contributed by atoms with van der Waals surface area (Å²) >= 11 is 0. The summed E-state index contributed by atoms with van der Waals surface area (Å²) in [4.78, 5) is 12.4. The molecule has 18 heavy (non-hydrogen) atoms. The Morgan fingerprint density at radius 2 is 2.22 bits per heavy atom. The third-order valence-corrected chi connectivity index (χ3v) is 2.58. The Balaban J connectivity index is 2.26. The highest BCUT2D eigenvalue weighted by molar-refractivity contribution is 5.88. The molecule has 1 heterocycles. The topological polar surface area (TPSA) is 53.7 Å². The molecule has 0 aliphatic heterocycles. The van der Waals surface area contributed by atoms with Crippen molar-refractivity contribution in [2.75, 3.05) is 11.9 Å². The second-order valence-corrected chi connectivity index (χ2v) is 3.91. The van der Waals surface area contributed by atoms with Crippen molar-refractivity contribution in [1.29, 1.82) is 0 Å². The van der Waals surface area contributed by atoms with Crippen LogP contribution < -0.4 is 4.90 Å². The van der Waals surface area contributed by atoms with Crippen LogP contribution in [0.4, 0.5) is 10.1 Å². The molecule has 0 saturated heterocycles. The molecule has 4 nitrogen and oxygen atoms in total. The quantitative estimate of drug-likeness (QED) is 0.905. The van der Waals surface area contributed by atoms with Crippen LogP contribution in [0.25, 0.3) is 0 Å². The first-order valence-electron chi connectivity index (χ1n) is 5.34. The molecule has 0 aliphatic rings. The summed E-state index contributed by atoms with van der Waals surface area (Å²) < 4.78 is 18.8. The van der Waals surface area contributed by atoms with E-state index in [0.29, 0.717) is 12.3 Å². The maximum atomic E-state index is 13.6. The number of carboxylic acid groups (broad SMARTS) is 1. The number of halogens is 1. The highest BCUT2D eigenvalue weighted by Crippen LogP contribution is 2.21. The second kappa shape index (κ2) is 4.91. The fraction of sp³-hybridized carbons (Fsp3) is 0.154. The van der Waals surface area contributed by atoms with Crippen molar-refractivity contribution in [3.05, 3.63) is 53.7 Å². The predicted molar refractivity (Wildman–Crippen MR) is 64.2 cm³/mol. The van der Waals surface area contributed by atoms with Crippen LogP contribution in [-0.4, -0.2) is 18.1 Å². The van der Waals surface area contributed by atoms with E-state index < -0.39 is 11.8 Å². The van der Waals surface area contributed by atoms with E-state index in [9.17, 15) is 9.18 Å². The van der Waals surface area contributed by atoms with Gasteiger partial charge in [0.15, 0.2) is 0 Å². The Morgan fingerprint density at radius 1 is 1.44 bits per heavy atom. The number of aromatic carboxylic acids is 1. The lowest BCUT2D eigenvalue weighted by atomic mass is 10.2.